The predicted octanol–water partition coefficient (Wildman–Crippen LogP) is 5.06. The van der Waals surface area contributed by atoms with E-state index in [2.05, 4.69) is 26.8 Å². The van der Waals surface area contributed by atoms with Gasteiger partial charge in [0.25, 0.3) is 0 Å². The minimum absolute atomic E-state index is 0.0222. The van der Waals surface area contributed by atoms with Crippen molar-refractivity contribution in [3.63, 3.8) is 0 Å². The minimum atomic E-state index is -0.271. The second-order valence-corrected chi connectivity index (χ2v) is 6.97. The second kappa shape index (κ2) is 10.6. The zero-order valence-electron chi connectivity index (χ0n) is 15.4. The first-order valence-corrected chi connectivity index (χ1v) is 8.27. The van der Waals surface area contributed by atoms with Crippen LogP contribution in [-0.4, -0.2) is 24.8 Å². The van der Waals surface area contributed by atoms with Crippen LogP contribution in [0.3, 0.4) is 0 Å². The van der Waals surface area contributed by atoms with Crippen molar-refractivity contribution in [3.05, 3.63) is 23.8 Å². The average molecular weight is 310 g/mol. The number of ether oxygens (including phenoxy) is 2. The molecule has 1 atom stereocenters. The van der Waals surface area contributed by atoms with E-state index in [-0.39, 0.29) is 17.7 Å². The Hall–Kier alpha value is -1.09. The third-order valence-electron chi connectivity index (χ3n) is 3.64. The number of rotatable bonds is 10. The molecule has 128 valence electrons. The molecule has 0 saturated carbocycles. The number of hydrogen-bond acceptors (Lipinski definition) is 3. The molecule has 0 fully saturated rings. The lowest BCUT2D eigenvalue weighted by molar-refractivity contribution is -0.141. The highest BCUT2D eigenvalue weighted by Crippen LogP contribution is 2.20. The van der Waals surface area contributed by atoms with Crippen molar-refractivity contribution in [3.8, 4) is 0 Å². The molecule has 0 aromatic carbocycles. The van der Waals surface area contributed by atoms with Gasteiger partial charge in [-0.05, 0) is 59.0 Å². The van der Waals surface area contributed by atoms with Gasteiger partial charge in [-0.3, -0.25) is 0 Å². The maximum Gasteiger partial charge on any atom is 0.331 e. The van der Waals surface area contributed by atoms with Crippen molar-refractivity contribution >= 4 is 5.97 Å². The number of carbonyl (C=O) groups is 1. The summed E-state index contributed by atoms with van der Waals surface area (Å²) in [5, 5.41) is 0. The largest absolute Gasteiger partial charge is 0.460 e. The Morgan fingerprint density at radius 2 is 1.86 bits per heavy atom. The Bertz CT molecular complexity index is 378. The van der Waals surface area contributed by atoms with E-state index in [1.807, 2.05) is 26.8 Å². The molecule has 0 aliphatic heterocycles. The van der Waals surface area contributed by atoms with E-state index < -0.39 is 0 Å². The fourth-order valence-electron chi connectivity index (χ4n) is 2.08. The summed E-state index contributed by atoms with van der Waals surface area (Å²) in [5.41, 5.74) is 0.907. The molecule has 0 N–H and O–H groups in total. The first-order valence-electron chi connectivity index (χ1n) is 8.27. The molecule has 0 aromatic heterocycles. The van der Waals surface area contributed by atoms with E-state index in [0.29, 0.717) is 5.92 Å². The highest BCUT2D eigenvalue weighted by Gasteiger charge is 2.15. The van der Waals surface area contributed by atoms with Crippen molar-refractivity contribution in [2.24, 2.45) is 5.92 Å². The maximum atomic E-state index is 11.5. The van der Waals surface area contributed by atoms with E-state index in [1.54, 1.807) is 13.2 Å². The molecule has 22 heavy (non-hydrogen) atoms. The molecule has 0 aromatic rings. The highest BCUT2D eigenvalue weighted by molar-refractivity contribution is 5.83. The van der Waals surface area contributed by atoms with Crippen molar-refractivity contribution in [1.29, 1.82) is 0 Å². The van der Waals surface area contributed by atoms with Gasteiger partial charge in [0.2, 0.25) is 0 Å². The van der Waals surface area contributed by atoms with Crippen LogP contribution in [0.5, 0.6) is 0 Å². The second-order valence-electron chi connectivity index (χ2n) is 6.97. The highest BCUT2D eigenvalue weighted by atomic mass is 16.5. The van der Waals surface area contributed by atoms with Gasteiger partial charge in [-0.1, -0.05) is 31.9 Å². The van der Waals surface area contributed by atoms with Gasteiger partial charge in [-0.15, -0.1) is 0 Å². The molecule has 3 heteroatoms. The van der Waals surface area contributed by atoms with Crippen LogP contribution in [0.4, 0.5) is 0 Å². The molecule has 0 aliphatic carbocycles. The summed E-state index contributed by atoms with van der Waals surface area (Å²) < 4.78 is 10.5. The zero-order chi connectivity index (χ0) is 17.2. The predicted molar refractivity (Wildman–Crippen MR) is 92.8 cm³/mol. The van der Waals surface area contributed by atoms with E-state index in [9.17, 15) is 4.79 Å². The minimum Gasteiger partial charge on any atom is -0.460 e. The topological polar surface area (TPSA) is 35.5 Å². The Kier molecular flexibility index (Phi) is 10.1. The number of allylic oxidation sites excluding steroid dienone is 3. The van der Waals surface area contributed by atoms with Gasteiger partial charge in [0, 0.05) is 13.2 Å². The third-order valence-corrected chi connectivity index (χ3v) is 3.64. The van der Waals surface area contributed by atoms with Crippen LogP contribution in [0.1, 0.15) is 67.2 Å². The van der Waals surface area contributed by atoms with Gasteiger partial charge in [0.1, 0.15) is 0 Å². The third kappa shape index (κ3) is 11.6. The summed E-state index contributed by atoms with van der Waals surface area (Å²) in [4.78, 5) is 11.5. The molecule has 0 unspecified atom stereocenters. The molecule has 0 amide bonds. The lowest BCUT2D eigenvalue weighted by Crippen LogP contribution is -2.22. The fourth-order valence-corrected chi connectivity index (χ4v) is 2.08. The molecule has 0 rings (SSSR count). The van der Waals surface area contributed by atoms with Crippen molar-refractivity contribution in [1.82, 2.24) is 0 Å². The van der Waals surface area contributed by atoms with Gasteiger partial charge < -0.3 is 9.47 Å². The Morgan fingerprint density at radius 1 is 1.23 bits per heavy atom. The van der Waals surface area contributed by atoms with Crippen LogP contribution >= 0.6 is 0 Å². The first kappa shape index (κ1) is 20.9. The van der Waals surface area contributed by atoms with E-state index in [0.717, 1.165) is 18.4 Å². The summed E-state index contributed by atoms with van der Waals surface area (Å²) in [6.45, 7) is 12.1. The van der Waals surface area contributed by atoms with E-state index >= 15 is 0 Å². The summed E-state index contributed by atoms with van der Waals surface area (Å²) in [6.07, 6.45) is 10.1. The van der Waals surface area contributed by atoms with Crippen LogP contribution in [0.15, 0.2) is 23.8 Å². The van der Waals surface area contributed by atoms with Crippen molar-refractivity contribution in [2.45, 2.75) is 78.9 Å². The Balaban J connectivity index is 4.05. The molecule has 3 nitrogen and oxygen atoms in total. The van der Waals surface area contributed by atoms with Crippen LogP contribution in [-0.2, 0) is 14.3 Å². The zero-order valence-corrected chi connectivity index (χ0v) is 15.4. The molecule has 0 radical (unpaired) electrons. The van der Waals surface area contributed by atoms with E-state index in [4.69, 9.17) is 9.47 Å². The Labute approximate surface area is 136 Å². The molecule has 0 heterocycles. The molecule has 0 aliphatic rings. The first-order chi connectivity index (χ1) is 10.2. The smallest absolute Gasteiger partial charge is 0.331 e. The molecule has 0 bridgehead atoms. The molecular weight excluding hydrogens is 276 g/mol. The quantitative estimate of drug-likeness (QED) is 0.321. The lowest BCUT2D eigenvalue weighted by atomic mass is 9.95. The molecule has 0 spiro atoms. The van der Waals surface area contributed by atoms with Gasteiger partial charge in [0.05, 0.1) is 11.7 Å². The van der Waals surface area contributed by atoms with Crippen molar-refractivity contribution < 1.29 is 14.3 Å². The number of carbonyl (C=O) groups excluding carboxylic acids is 1. The van der Waals surface area contributed by atoms with Crippen molar-refractivity contribution in [2.75, 3.05) is 7.11 Å². The summed E-state index contributed by atoms with van der Waals surface area (Å²) in [6, 6.07) is 0. The van der Waals surface area contributed by atoms with Gasteiger partial charge in [-0.25, -0.2) is 4.79 Å². The van der Waals surface area contributed by atoms with Crippen LogP contribution < -0.4 is 0 Å². The van der Waals surface area contributed by atoms with Gasteiger partial charge in [0.15, 0.2) is 0 Å². The SMILES string of the molecule is COC(C)(C)CCC[C@@H](C)CC=CC(C)=CC(=O)OC(C)C. The van der Waals surface area contributed by atoms with Crippen LogP contribution in [0.25, 0.3) is 0 Å². The monoisotopic (exact) mass is 310 g/mol. The average Bonchev–Trinajstić information content (AvgIpc) is 2.37. The molecule has 0 saturated heterocycles. The van der Waals surface area contributed by atoms with Gasteiger partial charge in [-0.2, -0.15) is 0 Å². The fraction of sp³-hybridized carbons (Fsp3) is 0.737. The summed E-state index contributed by atoms with van der Waals surface area (Å²) >= 11 is 0. The number of methoxy groups -OCH3 is 1. The number of esters is 1. The maximum absolute atomic E-state index is 11.5. The summed E-state index contributed by atoms with van der Waals surface area (Å²) in [5.74, 6) is 0.367. The van der Waals surface area contributed by atoms with Crippen LogP contribution in [0, 0.1) is 5.92 Å². The molecular formula is C19H34O3. The standard InChI is InChI=1S/C19H34O3/c1-15(2)22-18(20)14-17(4)11-8-10-16(3)12-9-13-19(5,6)21-7/h8,11,14-16H,9-10,12-13H2,1-7H3/t16-/m0/s1. The lowest BCUT2D eigenvalue weighted by Gasteiger charge is -2.23. The van der Waals surface area contributed by atoms with E-state index in [1.165, 1.54) is 12.8 Å². The van der Waals surface area contributed by atoms with Crippen LogP contribution in [0.2, 0.25) is 0 Å². The Morgan fingerprint density at radius 3 is 2.41 bits per heavy atom. The summed E-state index contributed by atoms with van der Waals surface area (Å²) in [7, 11) is 1.77. The van der Waals surface area contributed by atoms with Gasteiger partial charge >= 0.3 is 5.97 Å². The normalized spacial score (nSPS) is 14.6. The number of hydrogen-bond donors (Lipinski definition) is 0.